The zero-order valence-electron chi connectivity index (χ0n) is 22.7. The molecule has 1 rings (SSSR count). The van der Waals surface area contributed by atoms with Gasteiger partial charge in [0.05, 0.1) is 0 Å². The molecule has 0 saturated heterocycles. The Hall–Kier alpha value is -0.551. The van der Waals surface area contributed by atoms with Gasteiger partial charge in [0.1, 0.15) is 0 Å². The van der Waals surface area contributed by atoms with Gasteiger partial charge in [-0.1, -0.05) is 88.6 Å². The summed E-state index contributed by atoms with van der Waals surface area (Å²) < 4.78 is 3.25. The second-order valence-electron chi connectivity index (χ2n) is 9.15. The first-order chi connectivity index (χ1) is 16.0. The van der Waals surface area contributed by atoms with Crippen LogP contribution in [0.1, 0.15) is 116 Å². The fraction of sp³-hybridized carbons (Fsp3) is 0.759. The molecule has 0 aliphatic carbocycles. The van der Waals surface area contributed by atoms with Crippen molar-refractivity contribution < 1.29 is 9.90 Å². The Kier molecular flexibility index (Phi) is 30.9. The number of carboxylic acid groups (broad SMARTS) is 1. The minimum atomic E-state index is -0.659. The van der Waals surface area contributed by atoms with Gasteiger partial charge in [0.15, 0.2) is 0 Å². The minimum absolute atomic E-state index is 0.149. The van der Waals surface area contributed by atoms with Gasteiger partial charge in [-0.2, -0.15) is 0 Å². The molecule has 0 aromatic heterocycles. The summed E-state index contributed by atoms with van der Waals surface area (Å²) >= 11 is 0.149. The van der Waals surface area contributed by atoms with E-state index < -0.39 is 5.97 Å². The second kappa shape index (κ2) is 29.5. The molecule has 3 nitrogen and oxygen atoms in total. The largest absolute Gasteiger partial charge is 0.305 e. The molecule has 1 N–H and O–H groups in total. The van der Waals surface area contributed by atoms with Crippen molar-refractivity contribution in [1.29, 1.82) is 0 Å². The minimum Gasteiger partial charge on any atom is -0.305 e. The third-order valence-corrected chi connectivity index (χ3v) is 9.29. The van der Waals surface area contributed by atoms with E-state index in [0.29, 0.717) is 6.42 Å². The van der Waals surface area contributed by atoms with Crippen molar-refractivity contribution in [2.75, 3.05) is 14.1 Å². The number of unbranched alkanes of at least 4 members (excludes halogenated alkanes) is 10. The molecule has 2 radical (unpaired) electrons. The molecular formula is C29H55NO2Sn. The molecule has 0 bridgehead atoms. The zero-order valence-corrected chi connectivity index (χ0v) is 25.6. The maximum Gasteiger partial charge on any atom is 0.0227 e. The van der Waals surface area contributed by atoms with E-state index in [2.05, 4.69) is 64.0 Å². The summed E-state index contributed by atoms with van der Waals surface area (Å²) in [7, 11) is 4.15. The smallest absolute Gasteiger partial charge is 0.0227 e. The first kappa shape index (κ1) is 34.6. The summed E-state index contributed by atoms with van der Waals surface area (Å²) in [5, 5.41) is 8.41. The number of aliphatic carboxylic acids is 1. The van der Waals surface area contributed by atoms with Gasteiger partial charge in [0.2, 0.25) is 0 Å². The summed E-state index contributed by atoms with van der Waals surface area (Å²) in [5.41, 5.74) is 1.37. The predicted octanol–water partition coefficient (Wildman–Crippen LogP) is 8.87. The number of carbonyl (C=O) groups is 1. The fourth-order valence-corrected chi connectivity index (χ4v) is 7.42. The van der Waals surface area contributed by atoms with Gasteiger partial charge in [-0.3, -0.25) is 4.79 Å². The van der Waals surface area contributed by atoms with Crippen molar-refractivity contribution in [3.63, 3.8) is 0 Å². The molecular weight excluding hydrogens is 513 g/mol. The van der Waals surface area contributed by atoms with Crippen molar-refractivity contribution in [1.82, 2.24) is 4.90 Å². The van der Waals surface area contributed by atoms with Crippen molar-refractivity contribution in [3.05, 3.63) is 35.9 Å². The molecule has 1 aromatic rings. The molecule has 0 saturated carbocycles. The van der Waals surface area contributed by atoms with E-state index in [1.807, 2.05) is 6.07 Å². The fourth-order valence-electron chi connectivity index (χ4n) is 3.26. The Morgan fingerprint density at radius 2 is 1.18 bits per heavy atom. The van der Waals surface area contributed by atoms with E-state index >= 15 is 0 Å². The molecule has 0 unspecified atom stereocenters. The van der Waals surface area contributed by atoms with E-state index in [0.717, 1.165) is 19.4 Å². The number of hydrogen-bond donors (Lipinski definition) is 1. The third-order valence-electron chi connectivity index (χ3n) is 5.25. The number of nitrogens with zero attached hydrogens (tertiary/aromatic N) is 1. The molecule has 0 spiro atoms. The van der Waals surface area contributed by atoms with Gasteiger partial charge in [-0.05, 0) is 26.1 Å². The topological polar surface area (TPSA) is 40.5 Å². The molecule has 0 fully saturated rings. The average Bonchev–Trinajstić information content (AvgIpc) is 2.79. The summed E-state index contributed by atoms with van der Waals surface area (Å²) in [6.45, 7) is 7.84. The van der Waals surface area contributed by atoms with Crippen LogP contribution in [-0.2, 0) is 11.3 Å². The van der Waals surface area contributed by atoms with Crippen molar-refractivity contribution in [2.45, 2.75) is 126 Å². The van der Waals surface area contributed by atoms with Crippen LogP contribution in [0.15, 0.2) is 30.3 Å². The first-order valence-electron chi connectivity index (χ1n) is 13.6. The molecule has 192 valence electrons. The van der Waals surface area contributed by atoms with E-state index in [-0.39, 0.29) is 21.1 Å². The number of benzene rings is 1. The number of carboxylic acids is 1. The number of rotatable bonds is 18. The van der Waals surface area contributed by atoms with Crippen LogP contribution in [0.3, 0.4) is 0 Å². The summed E-state index contributed by atoms with van der Waals surface area (Å²) in [6, 6.07) is 10.5. The van der Waals surface area contributed by atoms with Gasteiger partial charge in [-0.15, -0.1) is 0 Å². The molecule has 33 heavy (non-hydrogen) atoms. The van der Waals surface area contributed by atoms with Crippen LogP contribution in [0.5, 0.6) is 0 Å². The van der Waals surface area contributed by atoms with Gasteiger partial charge in [0, 0.05) is 13.0 Å². The summed E-state index contributed by atoms with van der Waals surface area (Å²) in [6.07, 6.45) is 17.3. The van der Waals surface area contributed by atoms with E-state index in [1.165, 1.54) is 76.2 Å². The number of hydrogen-bond acceptors (Lipinski definition) is 2. The maximum absolute atomic E-state index is 10.2. The maximum atomic E-state index is 10.2. The van der Waals surface area contributed by atoms with Gasteiger partial charge in [0.25, 0.3) is 0 Å². The molecule has 0 heterocycles. The predicted molar refractivity (Wildman–Crippen MR) is 148 cm³/mol. The second-order valence-corrected chi connectivity index (χ2v) is 13.4. The van der Waals surface area contributed by atoms with Crippen LogP contribution in [-0.4, -0.2) is 51.2 Å². The SMILES string of the molecule is CCCCCCCCCCCC(=O)O.CCC[CH2][Sn][CH2]CCC.CN(C)Cc1ccccc1. The third kappa shape index (κ3) is 33.7. The molecule has 0 aliphatic heterocycles. The first-order valence-corrected chi connectivity index (χ1v) is 17.6. The zero-order chi connectivity index (χ0) is 25.0. The van der Waals surface area contributed by atoms with Crippen LogP contribution < -0.4 is 0 Å². The Balaban J connectivity index is 0. The van der Waals surface area contributed by atoms with Crippen LogP contribution in [0, 0.1) is 0 Å². The van der Waals surface area contributed by atoms with Crippen molar-refractivity contribution in [2.24, 2.45) is 0 Å². The average molecular weight is 568 g/mol. The molecule has 0 amide bonds. The van der Waals surface area contributed by atoms with Crippen molar-refractivity contribution >= 4 is 27.1 Å². The standard InChI is InChI=1S/C12H24O2.C9H13N.2C4H9.Sn/c1-2-3-4-5-6-7-8-9-10-11-12(13)14;1-10(2)8-9-6-4-3-5-7-9;2*1-3-4-2;/h2-11H2,1H3,(H,13,14);3-7H,8H2,1-2H3;2*1,3-4H2,2H3;. The molecule has 0 aliphatic rings. The van der Waals surface area contributed by atoms with Crippen LogP contribution >= 0.6 is 0 Å². The van der Waals surface area contributed by atoms with Crippen LogP contribution in [0.2, 0.25) is 8.87 Å². The quantitative estimate of drug-likeness (QED) is 0.142. The normalized spacial score (nSPS) is 10.2. The van der Waals surface area contributed by atoms with Gasteiger partial charge in [-0.25, -0.2) is 0 Å². The van der Waals surface area contributed by atoms with E-state index in [9.17, 15) is 4.79 Å². The van der Waals surface area contributed by atoms with Crippen LogP contribution in [0.25, 0.3) is 0 Å². The van der Waals surface area contributed by atoms with E-state index in [1.54, 1.807) is 8.87 Å². The molecule has 0 atom stereocenters. The Morgan fingerprint density at radius 1 is 0.727 bits per heavy atom. The monoisotopic (exact) mass is 569 g/mol. The van der Waals surface area contributed by atoms with Crippen molar-refractivity contribution in [3.8, 4) is 0 Å². The Morgan fingerprint density at radius 3 is 1.61 bits per heavy atom. The summed E-state index contributed by atoms with van der Waals surface area (Å²) in [5.74, 6) is -0.659. The van der Waals surface area contributed by atoms with E-state index in [4.69, 9.17) is 5.11 Å². The van der Waals surface area contributed by atoms with Crippen LogP contribution in [0.4, 0.5) is 0 Å². The molecule has 1 aromatic carbocycles. The Labute approximate surface area is 217 Å². The van der Waals surface area contributed by atoms with Gasteiger partial charge >= 0.3 is 75.5 Å². The summed E-state index contributed by atoms with van der Waals surface area (Å²) in [4.78, 5) is 12.4. The van der Waals surface area contributed by atoms with Gasteiger partial charge < -0.3 is 10.0 Å². The Bertz CT molecular complexity index is 488. The molecule has 4 heteroatoms.